The Bertz CT molecular complexity index is 966. The Morgan fingerprint density at radius 3 is 2.72 bits per heavy atom. The van der Waals surface area contributed by atoms with Crippen molar-refractivity contribution in [2.24, 2.45) is 0 Å². The van der Waals surface area contributed by atoms with Crippen LogP contribution >= 0.6 is 35.0 Å². The molecule has 2 aromatic carbocycles. The lowest BCUT2D eigenvalue weighted by atomic mass is 10.2. The van der Waals surface area contributed by atoms with Gasteiger partial charge in [0.15, 0.2) is 11.0 Å². The van der Waals surface area contributed by atoms with Crippen molar-refractivity contribution in [2.45, 2.75) is 31.8 Å². The molecule has 0 radical (unpaired) electrons. The lowest BCUT2D eigenvalue weighted by Crippen LogP contribution is -2.24. The normalized spacial score (nSPS) is 10.7. The van der Waals surface area contributed by atoms with Gasteiger partial charge in [0.1, 0.15) is 12.4 Å². The second kappa shape index (κ2) is 10.5. The molecule has 0 fully saturated rings. The first kappa shape index (κ1) is 21.5. The highest BCUT2D eigenvalue weighted by Gasteiger charge is 2.14. The standard InChI is InChI=1S/C20H20Cl2N4O2S/c1-2-26-18(12-28-17-10-15(21)8-9-16(17)22)24-25-20(26)29-13-19(27)23-11-14-6-4-3-5-7-14/h3-10H,2,11-13H2,1H3,(H,23,27). The lowest BCUT2D eigenvalue weighted by Gasteiger charge is -2.10. The number of rotatable bonds is 9. The highest BCUT2D eigenvalue weighted by Crippen LogP contribution is 2.28. The van der Waals surface area contributed by atoms with Crippen LogP contribution in [0.4, 0.5) is 0 Å². The van der Waals surface area contributed by atoms with Gasteiger partial charge in [-0.1, -0.05) is 65.3 Å². The van der Waals surface area contributed by atoms with E-state index in [0.29, 0.717) is 39.9 Å². The van der Waals surface area contributed by atoms with Crippen LogP contribution in [0.1, 0.15) is 18.3 Å². The van der Waals surface area contributed by atoms with E-state index in [9.17, 15) is 4.79 Å². The van der Waals surface area contributed by atoms with Crippen molar-refractivity contribution in [3.8, 4) is 5.75 Å². The Labute approximate surface area is 183 Å². The summed E-state index contributed by atoms with van der Waals surface area (Å²) in [5.74, 6) is 1.33. The molecule has 0 saturated carbocycles. The van der Waals surface area contributed by atoms with Crippen LogP contribution in [-0.4, -0.2) is 26.4 Å². The van der Waals surface area contributed by atoms with Gasteiger partial charge in [0, 0.05) is 24.2 Å². The van der Waals surface area contributed by atoms with Crippen molar-refractivity contribution in [3.05, 3.63) is 70.0 Å². The summed E-state index contributed by atoms with van der Waals surface area (Å²) < 4.78 is 7.65. The summed E-state index contributed by atoms with van der Waals surface area (Å²) in [6, 6.07) is 14.8. The second-order valence-corrected chi connectivity index (χ2v) is 7.84. The van der Waals surface area contributed by atoms with E-state index < -0.39 is 0 Å². The van der Waals surface area contributed by atoms with Crippen molar-refractivity contribution >= 4 is 40.9 Å². The van der Waals surface area contributed by atoms with Gasteiger partial charge < -0.3 is 14.6 Å². The highest BCUT2D eigenvalue weighted by atomic mass is 35.5. The van der Waals surface area contributed by atoms with E-state index in [-0.39, 0.29) is 18.3 Å². The molecular formula is C20H20Cl2N4O2S. The first-order chi connectivity index (χ1) is 14.1. The van der Waals surface area contributed by atoms with Crippen LogP contribution in [0.2, 0.25) is 10.0 Å². The Hall–Kier alpha value is -2.22. The van der Waals surface area contributed by atoms with Crippen LogP contribution in [0.3, 0.4) is 0 Å². The van der Waals surface area contributed by atoms with Gasteiger partial charge in [-0.15, -0.1) is 10.2 Å². The third kappa shape index (κ3) is 6.13. The molecule has 0 unspecified atom stereocenters. The average Bonchev–Trinajstić information content (AvgIpc) is 3.14. The lowest BCUT2D eigenvalue weighted by molar-refractivity contribution is -0.118. The fourth-order valence-corrected chi connectivity index (χ4v) is 3.74. The molecule has 0 atom stereocenters. The summed E-state index contributed by atoms with van der Waals surface area (Å²) in [4.78, 5) is 12.1. The molecule has 1 heterocycles. The number of ether oxygens (including phenoxy) is 1. The summed E-state index contributed by atoms with van der Waals surface area (Å²) in [5.41, 5.74) is 1.06. The van der Waals surface area contributed by atoms with E-state index in [2.05, 4.69) is 15.5 Å². The third-order valence-corrected chi connectivity index (χ3v) is 5.54. The number of halogens is 2. The van der Waals surface area contributed by atoms with Gasteiger partial charge in [0.25, 0.3) is 0 Å². The molecule has 29 heavy (non-hydrogen) atoms. The molecule has 0 aliphatic heterocycles. The molecule has 152 valence electrons. The fourth-order valence-electron chi connectivity index (χ4n) is 2.56. The van der Waals surface area contributed by atoms with Gasteiger partial charge in [0.05, 0.1) is 10.8 Å². The van der Waals surface area contributed by atoms with E-state index in [1.165, 1.54) is 11.8 Å². The van der Waals surface area contributed by atoms with Crippen LogP contribution in [0.5, 0.6) is 5.75 Å². The number of hydrogen-bond acceptors (Lipinski definition) is 5. The molecule has 0 spiro atoms. The number of benzene rings is 2. The highest BCUT2D eigenvalue weighted by molar-refractivity contribution is 7.99. The largest absolute Gasteiger partial charge is 0.484 e. The molecule has 0 aliphatic rings. The number of carbonyl (C=O) groups excluding carboxylic acids is 1. The molecule has 9 heteroatoms. The summed E-state index contributed by atoms with van der Waals surface area (Å²) in [6.45, 7) is 3.34. The molecule has 6 nitrogen and oxygen atoms in total. The molecule has 0 saturated heterocycles. The van der Waals surface area contributed by atoms with Crippen molar-refractivity contribution in [3.63, 3.8) is 0 Å². The maximum absolute atomic E-state index is 12.1. The summed E-state index contributed by atoms with van der Waals surface area (Å²) in [6.07, 6.45) is 0. The van der Waals surface area contributed by atoms with Gasteiger partial charge in [0.2, 0.25) is 5.91 Å². The topological polar surface area (TPSA) is 69.0 Å². The molecule has 1 aromatic heterocycles. The maximum atomic E-state index is 12.1. The van der Waals surface area contributed by atoms with Crippen LogP contribution < -0.4 is 10.1 Å². The van der Waals surface area contributed by atoms with Gasteiger partial charge in [-0.05, 0) is 24.6 Å². The zero-order chi connectivity index (χ0) is 20.6. The molecule has 3 rings (SSSR count). The van der Waals surface area contributed by atoms with Crippen molar-refractivity contribution in [2.75, 3.05) is 5.75 Å². The average molecular weight is 451 g/mol. The van der Waals surface area contributed by atoms with Crippen LogP contribution in [-0.2, 0) is 24.5 Å². The summed E-state index contributed by atoms with van der Waals surface area (Å²) in [7, 11) is 0. The number of thioether (sulfide) groups is 1. The molecule has 1 N–H and O–H groups in total. The predicted octanol–water partition coefficient (Wildman–Crippen LogP) is 4.59. The third-order valence-electron chi connectivity index (χ3n) is 4.02. The van der Waals surface area contributed by atoms with Gasteiger partial charge in [-0.2, -0.15) is 0 Å². The van der Waals surface area contributed by atoms with E-state index in [1.807, 2.05) is 41.8 Å². The van der Waals surface area contributed by atoms with Gasteiger partial charge in [-0.3, -0.25) is 4.79 Å². The number of carbonyl (C=O) groups is 1. The minimum atomic E-state index is -0.0620. The van der Waals surface area contributed by atoms with Gasteiger partial charge >= 0.3 is 0 Å². The Balaban J connectivity index is 1.54. The van der Waals surface area contributed by atoms with E-state index in [4.69, 9.17) is 27.9 Å². The van der Waals surface area contributed by atoms with E-state index >= 15 is 0 Å². The van der Waals surface area contributed by atoms with E-state index in [1.54, 1.807) is 18.2 Å². The van der Waals surface area contributed by atoms with Crippen LogP contribution in [0, 0.1) is 0 Å². The number of nitrogens with zero attached hydrogens (tertiary/aromatic N) is 3. The number of aromatic nitrogens is 3. The summed E-state index contributed by atoms with van der Waals surface area (Å²) in [5, 5.41) is 13.0. The van der Waals surface area contributed by atoms with Crippen LogP contribution in [0.15, 0.2) is 53.7 Å². The zero-order valence-corrected chi connectivity index (χ0v) is 18.1. The van der Waals surface area contributed by atoms with E-state index in [0.717, 1.165) is 5.56 Å². The van der Waals surface area contributed by atoms with Gasteiger partial charge in [-0.25, -0.2) is 0 Å². The molecule has 3 aromatic rings. The Morgan fingerprint density at radius 1 is 1.17 bits per heavy atom. The minimum Gasteiger partial charge on any atom is -0.484 e. The number of amides is 1. The Morgan fingerprint density at radius 2 is 1.97 bits per heavy atom. The van der Waals surface area contributed by atoms with Crippen molar-refractivity contribution in [1.82, 2.24) is 20.1 Å². The smallest absolute Gasteiger partial charge is 0.230 e. The SMILES string of the molecule is CCn1c(COc2cc(Cl)ccc2Cl)nnc1SCC(=O)NCc1ccccc1. The van der Waals surface area contributed by atoms with Crippen LogP contribution in [0.25, 0.3) is 0 Å². The molecule has 1 amide bonds. The molecule has 0 aliphatic carbocycles. The minimum absolute atomic E-state index is 0.0620. The number of hydrogen-bond donors (Lipinski definition) is 1. The fraction of sp³-hybridized carbons (Fsp3) is 0.250. The summed E-state index contributed by atoms with van der Waals surface area (Å²) >= 11 is 13.4. The maximum Gasteiger partial charge on any atom is 0.230 e. The van der Waals surface area contributed by atoms with Crippen molar-refractivity contribution in [1.29, 1.82) is 0 Å². The quantitative estimate of drug-likeness (QED) is 0.482. The Kier molecular flexibility index (Phi) is 7.80. The first-order valence-electron chi connectivity index (χ1n) is 9.00. The number of nitrogens with one attached hydrogen (secondary N) is 1. The second-order valence-electron chi connectivity index (χ2n) is 6.06. The predicted molar refractivity (Wildman–Crippen MR) is 116 cm³/mol. The van der Waals surface area contributed by atoms with Crippen molar-refractivity contribution < 1.29 is 9.53 Å². The first-order valence-corrected chi connectivity index (χ1v) is 10.7. The monoisotopic (exact) mass is 450 g/mol. The molecular weight excluding hydrogens is 431 g/mol. The molecule has 0 bridgehead atoms. The zero-order valence-electron chi connectivity index (χ0n) is 15.8.